The van der Waals surface area contributed by atoms with Crippen LogP contribution < -0.4 is 26.6 Å². The molecule has 0 radical (unpaired) electrons. The summed E-state index contributed by atoms with van der Waals surface area (Å²) in [6.45, 7) is 0.275. The molecular formula is C28H28N6O3S. The van der Waals surface area contributed by atoms with Crippen LogP contribution in [-0.4, -0.2) is 36.2 Å². The van der Waals surface area contributed by atoms with E-state index in [9.17, 15) is 14.4 Å². The Bertz CT molecular complexity index is 1420. The van der Waals surface area contributed by atoms with Crippen molar-refractivity contribution >= 4 is 46.3 Å². The SMILES string of the molecule is CN(C)c1ccc([C@H](C(=O)NCc2ccccc2)N(C(=O)c2snc(C(N)=O)c2N)c2ccccc2)cc1. The number of carbonyl (C=O) groups excluding carboxylic acids is 3. The smallest absolute Gasteiger partial charge is 0.273 e. The van der Waals surface area contributed by atoms with E-state index in [1.807, 2.05) is 79.7 Å². The van der Waals surface area contributed by atoms with E-state index in [0.29, 0.717) is 11.3 Å². The predicted octanol–water partition coefficient (Wildman–Crippen LogP) is 3.59. The Balaban J connectivity index is 1.81. The average Bonchev–Trinajstić information content (AvgIpc) is 3.32. The fourth-order valence-electron chi connectivity index (χ4n) is 3.96. The van der Waals surface area contributed by atoms with Crippen LogP contribution in [0.1, 0.15) is 37.3 Å². The molecule has 1 aromatic heterocycles. The minimum absolute atomic E-state index is 0.0217. The molecule has 9 nitrogen and oxygen atoms in total. The number of primary amides is 1. The Kier molecular flexibility index (Phi) is 8.03. The molecule has 4 rings (SSSR count). The highest BCUT2D eigenvalue weighted by Gasteiger charge is 2.36. The molecule has 0 unspecified atom stereocenters. The molecular weight excluding hydrogens is 500 g/mol. The number of benzene rings is 3. The molecule has 3 aromatic carbocycles. The summed E-state index contributed by atoms with van der Waals surface area (Å²) in [5.74, 6) is -1.79. The van der Waals surface area contributed by atoms with Crippen molar-refractivity contribution in [2.24, 2.45) is 5.73 Å². The number of para-hydroxylation sites is 1. The molecule has 0 aliphatic carbocycles. The minimum atomic E-state index is -1.05. The van der Waals surface area contributed by atoms with Crippen LogP contribution >= 0.6 is 11.5 Å². The zero-order chi connectivity index (χ0) is 27.2. The molecule has 0 saturated carbocycles. The summed E-state index contributed by atoms with van der Waals surface area (Å²) in [6, 6.07) is 24.7. The first kappa shape index (κ1) is 26.4. The Labute approximate surface area is 224 Å². The van der Waals surface area contributed by atoms with Gasteiger partial charge in [0.1, 0.15) is 10.9 Å². The van der Waals surface area contributed by atoms with Crippen molar-refractivity contribution in [3.8, 4) is 0 Å². The molecule has 4 aromatic rings. The highest BCUT2D eigenvalue weighted by molar-refractivity contribution is 7.09. The Morgan fingerprint density at radius 1 is 0.895 bits per heavy atom. The van der Waals surface area contributed by atoms with Crippen molar-refractivity contribution in [2.75, 3.05) is 29.6 Å². The Morgan fingerprint density at radius 2 is 1.50 bits per heavy atom. The number of nitrogens with one attached hydrogen (secondary N) is 1. The summed E-state index contributed by atoms with van der Waals surface area (Å²) in [4.78, 5) is 43.0. The van der Waals surface area contributed by atoms with Gasteiger partial charge in [-0.25, -0.2) is 0 Å². The zero-order valence-corrected chi connectivity index (χ0v) is 21.8. The molecule has 10 heteroatoms. The fraction of sp³-hybridized carbons (Fsp3) is 0.143. The average molecular weight is 529 g/mol. The summed E-state index contributed by atoms with van der Waals surface area (Å²) >= 11 is 0.771. The normalized spacial score (nSPS) is 11.4. The van der Waals surface area contributed by atoms with E-state index >= 15 is 0 Å². The van der Waals surface area contributed by atoms with Crippen LogP contribution in [-0.2, 0) is 11.3 Å². The lowest BCUT2D eigenvalue weighted by Gasteiger charge is -2.31. The second kappa shape index (κ2) is 11.6. The third-order valence-electron chi connectivity index (χ3n) is 5.95. The molecule has 0 spiro atoms. The number of aromatic nitrogens is 1. The number of nitrogens with two attached hydrogens (primary N) is 2. The van der Waals surface area contributed by atoms with Gasteiger partial charge in [-0.05, 0) is 46.9 Å². The van der Waals surface area contributed by atoms with Crippen LogP contribution in [0.4, 0.5) is 17.1 Å². The molecule has 1 heterocycles. The van der Waals surface area contributed by atoms with Gasteiger partial charge in [0, 0.05) is 32.0 Å². The van der Waals surface area contributed by atoms with Crippen LogP contribution in [0.2, 0.25) is 0 Å². The Hall–Kier alpha value is -4.70. The van der Waals surface area contributed by atoms with Crippen molar-refractivity contribution in [2.45, 2.75) is 12.6 Å². The Morgan fingerprint density at radius 3 is 2.05 bits per heavy atom. The largest absolute Gasteiger partial charge is 0.395 e. The number of hydrogen-bond donors (Lipinski definition) is 3. The number of hydrogen-bond acceptors (Lipinski definition) is 7. The van der Waals surface area contributed by atoms with Crippen molar-refractivity contribution in [3.63, 3.8) is 0 Å². The molecule has 0 bridgehead atoms. The van der Waals surface area contributed by atoms with Crippen LogP contribution in [0.25, 0.3) is 0 Å². The van der Waals surface area contributed by atoms with E-state index in [4.69, 9.17) is 11.5 Å². The van der Waals surface area contributed by atoms with Crippen molar-refractivity contribution in [3.05, 3.63) is 107 Å². The first-order valence-corrected chi connectivity index (χ1v) is 12.6. The topological polar surface area (TPSA) is 135 Å². The maximum Gasteiger partial charge on any atom is 0.273 e. The molecule has 3 amide bonds. The van der Waals surface area contributed by atoms with Gasteiger partial charge in [-0.2, -0.15) is 4.37 Å². The molecule has 1 atom stereocenters. The lowest BCUT2D eigenvalue weighted by molar-refractivity contribution is -0.122. The first-order valence-electron chi connectivity index (χ1n) is 11.8. The van der Waals surface area contributed by atoms with Crippen LogP contribution in [0.15, 0.2) is 84.9 Å². The van der Waals surface area contributed by atoms with Crippen LogP contribution in [0, 0.1) is 0 Å². The predicted molar refractivity (Wildman–Crippen MR) is 150 cm³/mol. The lowest BCUT2D eigenvalue weighted by atomic mass is 10.0. The van der Waals surface area contributed by atoms with E-state index in [-0.39, 0.29) is 28.7 Å². The van der Waals surface area contributed by atoms with Gasteiger partial charge in [-0.15, -0.1) is 0 Å². The second-order valence-electron chi connectivity index (χ2n) is 8.74. The van der Waals surface area contributed by atoms with E-state index < -0.39 is 17.9 Å². The van der Waals surface area contributed by atoms with E-state index in [1.54, 1.807) is 24.3 Å². The van der Waals surface area contributed by atoms with Crippen molar-refractivity contribution < 1.29 is 14.4 Å². The molecule has 0 aliphatic heterocycles. The summed E-state index contributed by atoms with van der Waals surface area (Å²) in [5.41, 5.74) is 14.1. The standard InChI is InChI=1S/C28H28N6O3S/c1-33(2)20-15-13-19(14-16-20)24(27(36)31-17-18-9-5-3-6-10-18)34(21-11-7-4-8-12-21)28(37)25-22(29)23(26(30)35)32-38-25/h3-16,24H,17,29H2,1-2H3,(H2,30,35)(H,31,36)/t24-/m1/s1. The van der Waals surface area contributed by atoms with E-state index in [1.165, 1.54) is 4.90 Å². The number of amides is 3. The molecule has 194 valence electrons. The summed E-state index contributed by atoms with van der Waals surface area (Å²) < 4.78 is 3.98. The van der Waals surface area contributed by atoms with Crippen molar-refractivity contribution in [1.29, 1.82) is 0 Å². The maximum atomic E-state index is 14.0. The molecule has 38 heavy (non-hydrogen) atoms. The van der Waals surface area contributed by atoms with Gasteiger partial charge in [0.15, 0.2) is 5.69 Å². The molecule has 0 saturated heterocycles. The molecule has 0 aliphatic rings. The van der Waals surface area contributed by atoms with Gasteiger partial charge in [0.2, 0.25) is 5.91 Å². The van der Waals surface area contributed by atoms with Gasteiger partial charge in [-0.1, -0.05) is 60.7 Å². The summed E-state index contributed by atoms with van der Waals surface area (Å²) in [7, 11) is 3.84. The minimum Gasteiger partial charge on any atom is -0.395 e. The van der Waals surface area contributed by atoms with Gasteiger partial charge in [0.25, 0.3) is 11.8 Å². The van der Waals surface area contributed by atoms with Crippen LogP contribution in [0.5, 0.6) is 0 Å². The summed E-state index contributed by atoms with van der Waals surface area (Å²) in [5, 5.41) is 2.97. The van der Waals surface area contributed by atoms with E-state index in [0.717, 1.165) is 22.8 Å². The van der Waals surface area contributed by atoms with Crippen LogP contribution in [0.3, 0.4) is 0 Å². The highest BCUT2D eigenvalue weighted by Crippen LogP contribution is 2.33. The van der Waals surface area contributed by atoms with Gasteiger partial charge < -0.3 is 21.7 Å². The second-order valence-corrected chi connectivity index (χ2v) is 9.51. The number of nitrogens with zero attached hydrogens (tertiary/aromatic N) is 3. The summed E-state index contributed by atoms with van der Waals surface area (Å²) in [6.07, 6.45) is 0. The van der Waals surface area contributed by atoms with Crippen molar-refractivity contribution in [1.82, 2.24) is 9.69 Å². The zero-order valence-electron chi connectivity index (χ0n) is 21.0. The fourth-order valence-corrected chi connectivity index (χ4v) is 4.71. The molecule has 5 N–H and O–H groups in total. The quantitative estimate of drug-likeness (QED) is 0.304. The maximum absolute atomic E-state index is 14.0. The third kappa shape index (κ3) is 5.65. The van der Waals surface area contributed by atoms with Gasteiger partial charge in [0.05, 0.1) is 5.69 Å². The lowest BCUT2D eigenvalue weighted by Crippen LogP contribution is -2.44. The van der Waals surface area contributed by atoms with E-state index in [2.05, 4.69) is 9.69 Å². The number of anilines is 3. The van der Waals surface area contributed by atoms with Gasteiger partial charge in [-0.3, -0.25) is 19.3 Å². The number of rotatable bonds is 9. The monoisotopic (exact) mass is 528 g/mol. The first-order chi connectivity index (χ1) is 18.3. The third-order valence-corrected chi connectivity index (χ3v) is 6.80. The highest BCUT2D eigenvalue weighted by atomic mass is 32.1. The number of carbonyl (C=O) groups is 3. The molecule has 0 fully saturated rings. The number of nitrogen functional groups attached to an aromatic ring is 1. The van der Waals surface area contributed by atoms with Gasteiger partial charge >= 0.3 is 0 Å².